The Morgan fingerprint density at radius 2 is 1.75 bits per heavy atom. The van der Waals surface area contributed by atoms with Crippen molar-refractivity contribution in [3.63, 3.8) is 0 Å². The van der Waals surface area contributed by atoms with Crippen molar-refractivity contribution in [2.24, 2.45) is 7.05 Å². The van der Waals surface area contributed by atoms with E-state index in [0.29, 0.717) is 28.0 Å². The van der Waals surface area contributed by atoms with Crippen LogP contribution in [0, 0.1) is 5.82 Å². The predicted molar refractivity (Wildman–Crippen MR) is 186 cm³/mol. The summed E-state index contributed by atoms with van der Waals surface area (Å²) in [7, 11) is -2.53. The van der Waals surface area contributed by atoms with Crippen LogP contribution in [-0.4, -0.2) is 60.3 Å². The third-order valence-corrected chi connectivity index (χ3v) is 10.3. The van der Waals surface area contributed by atoms with Gasteiger partial charge in [-0.15, -0.1) is 0 Å². The van der Waals surface area contributed by atoms with Crippen molar-refractivity contribution in [1.82, 2.24) is 19.2 Å². The number of hydrogen-bond acceptors (Lipinski definition) is 9. The van der Waals surface area contributed by atoms with Crippen molar-refractivity contribution >= 4 is 72.5 Å². The lowest BCUT2D eigenvalue weighted by Gasteiger charge is -2.23. The molecule has 1 aromatic heterocycles. The molecule has 3 amide bonds. The van der Waals surface area contributed by atoms with E-state index in [1.165, 1.54) is 33.4 Å². The molecule has 2 saturated heterocycles. The number of amides is 3. The van der Waals surface area contributed by atoms with Gasteiger partial charge in [-0.3, -0.25) is 28.8 Å². The highest BCUT2D eigenvalue weighted by atomic mass is 32.2. The van der Waals surface area contributed by atoms with Gasteiger partial charge in [-0.05, 0) is 72.0 Å². The highest BCUT2D eigenvalue weighted by Gasteiger charge is 2.32. The molecule has 0 spiro atoms. The quantitative estimate of drug-likeness (QED) is 0.158. The Balaban J connectivity index is 1.02. The van der Waals surface area contributed by atoms with E-state index in [1.807, 2.05) is 0 Å². The van der Waals surface area contributed by atoms with E-state index in [2.05, 4.69) is 20.7 Å². The van der Waals surface area contributed by atoms with Gasteiger partial charge in [0.1, 0.15) is 24.2 Å². The number of fused-ring (bicyclic) bond motifs is 2. The van der Waals surface area contributed by atoms with Crippen LogP contribution in [0.3, 0.4) is 0 Å². The van der Waals surface area contributed by atoms with Crippen molar-refractivity contribution < 1.29 is 37.0 Å². The number of halogens is 1. The maximum absolute atomic E-state index is 15.6. The fourth-order valence-electron chi connectivity index (χ4n) is 6.35. The van der Waals surface area contributed by atoms with E-state index in [4.69, 9.17) is 4.74 Å². The molecule has 1 atom stereocenters. The van der Waals surface area contributed by atoms with Gasteiger partial charge in [0.05, 0.1) is 30.6 Å². The summed E-state index contributed by atoms with van der Waals surface area (Å²) in [6, 6.07) is 17.3. The second kappa shape index (κ2) is 13.2. The van der Waals surface area contributed by atoms with Gasteiger partial charge < -0.3 is 20.5 Å². The average molecular weight is 718 g/mol. The Hall–Kier alpha value is -5.78. The number of carbonyl (C=O) groups is 3. The molecule has 0 saturated carbocycles. The van der Waals surface area contributed by atoms with E-state index in [1.54, 1.807) is 49.5 Å². The number of phenolic OH excluding ortho intramolecular Hbond substituents is 1. The second-order valence-corrected chi connectivity index (χ2v) is 13.9. The number of rotatable bonds is 7. The number of benzene rings is 4. The first kappa shape index (κ1) is 33.7. The summed E-state index contributed by atoms with van der Waals surface area (Å²) in [4.78, 5) is 50.1. The van der Waals surface area contributed by atoms with Crippen LogP contribution >= 0.6 is 0 Å². The molecular weight excluding hydrogens is 685 g/mol. The van der Waals surface area contributed by atoms with Crippen LogP contribution in [0.1, 0.15) is 24.4 Å². The number of nitrogens with one attached hydrogen (secondary N) is 4. The summed E-state index contributed by atoms with van der Waals surface area (Å²) in [5.41, 5.74) is 2.79. The summed E-state index contributed by atoms with van der Waals surface area (Å²) in [6.07, 6.45) is 0.422. The highest BCUT2D eigenvalue weighted by Crippen LogP contribution is 2.38. The molecule has 17 heteroatoms. The van der Waals surface area contributed by atoms with Crippen molar-refractivity contribution in [2.75, 3.05) is 34.8 Å². The Morgan fingerprint density at radius 1 is 1.00 bits per heavy atom. The molecule has 1 unspecified atom stereocenters. The van der Waals surface area contributed by atoms with Gasteiger partial charge >= 0.3 is 15.9 Å². The van der Waals surface area contributed by atoms with Gasteiger partial charge in [-0.2, -0.15) is 13.1 Å². The number of carbonyl (C=O) groups excluding carboxylic acids is 3. The molecule has 264 valence electrons. The second-order valence-electron chi connectivity index (χ2n) is 12.2. The van der Waals surface area contributed by atoms with Crippen LogP contribution in [-0.2, 0) is 42.8 Å². The summed E-state index contributed by atoms with van der Waals surface area (Å²) in [6.45, 7) is -0.471. The van der Waals surface area contributed by atoms with Crippen molar-refractivity contribution in [3.8, 4) is 5.75 Å². The van der Waals surface area contributed by atoms with E-state index < -0.39 is 39.4 Å². The number of aryl methyl sites for hydroxylation is 1. The number of imide groups is 1. The lowest BCUT2D eigenvalue weighted by atomic mass is 10.1. The minimum absolute atomic E-state index is 0.00236. The molecule has 2 fully saturated rings. The molecule has 51 heavy (non-hydrogen) atoms. The molecule has 3 heterocycles. The molecule has 15 nitrogen and oxygen atoms in total. The number of ether oxygens (including phenoxy) is 1. The van der Waals surface area contributed by atoms with Crippen LogP contribution in [0.4, 0.5) is 27.1 Å². The smallest absolute Gasteiger partial charge is 0.329 e. The van der Waals surface area contributed by atoms with Crippen LogP contribution in [0.15, 0.2) is 71.5 Å². The Bertz CT molecular complexity index is 2410. The van der Waals surface area contributed by atoms with E-state index in [9.17, 15) is 32.7 Å². The summed E-state index contributed by atoms with van der Waals surface area (Å²) in [5, 5.41) is 19.3. The fraction of sp³-hybridized carbons (Fsp3) is 0.235. The van der Waals surface area contributed by atoms with Crippen LogP contribution in [0.25, 0.3) is 21.8 Å². The molecule has 0 radical (unpaired) electrons. The number of aromatic hydroxyl groups is 1. The lowest BCUT2D eigenvalue weighted by Crippen LogP contribution is -2.44. The van der Waals surface area contributed by atoms with Crippen LogP contribution in [0.5, 0.6) is 5.75 Å². The first-order valence-corrected chi connectivity index (χ1v) is 17.3. The number of aromatic nitrogens is 2. The number of phenols is 1. The van der Waals surface area contributed by atoms with Crippen LogP contribution in [0.2, 0.25) is 0 Å². The zero-order valence-corrected chi connectivity index (χ0v) is 27.9. The van der Waals surface area contributed by atoms with Gasteiger partial charge in [-0.25, -0.2) is 13.5 Å². The predicted octanol–water partition coefficient (Wildman–Crippen LogP) is 2.87. The van der Waals surface area contributed by atoms with Gasteiger partial charge in [-0.1, -0.05) is 12.1 Å². The third kappa shape index (κ3) is 6.49. The SMILES string of the molecule is Cn1c(=O)n(C2CCC(=O)NC2=O)c2ccc(Nc3ccc(CC(=O)Nc4ccc5c(F)c(N6CCOCNS6(=O)=O)c(O)cc5c4)cc3)cc21. The molecule has 0 aliphatic carbocycles. The van der Waals surface area contributed by atoms with Gasteiger partial charge in [0, 0.05) is 35.9 Å². The minimum Gasteiger partial charge on any atom is -0.506 e. The number of hydrogen-bond donors (Lipinski definition) is 5. The fourth-order valence-corrected chi connectivity index (χ4v) is 7.47. The highest BCUT2D eigenvalue weighted by molar-refractivity contribution is 7.90. The van der Waals surface area contributed by atoms with Gasteiger partial charge in [0.25, 0.3) is 0 Å². The monoisotopic (exact) mass is 717 g/mol. The van der Waals surface area contributed by atoms with E-state index in [-0.39, 0.29) is 67.4 Å². The summed E-state index contributed by atoms with van der Waals surface area (Å²) in [5.74, 6) is -2.72. The van der Waals surface area contributed by atoms with Crippen molar-refractivity contribution in [3.05, 3.63) is 88.6 Å². The van der Waals surface area contributed by atoms with Crippen LogP contribution < -0.4 is 30.7 Å². The standard InChI is InChI=1S/C34H32FN7O8S/c1-40-27-17-23(7-9-25(27)42(34(40)47)26-10-11-29(44)39-33(26)46)37-21-4-2-19(3-5-21)14-30(45)38-22-6-8-24-20(15-22)16-28(43)32(31(24)35)41-12-13-50-18-36-51(41,48)49/h2-9,15-17,26,36-37,43H,10-14,18H2,1H3,(H,38,45)(H,39,44,46). The number of piperidine rings is 1. The zero-order valence-electron chi connectivity index (χ0n) is 27.1. The molecule has 5 N–H and O–H groups in total. The normalized spacial score (nSPS) is 17.7. The topological polar surface area (TPSA) is 193 Å². The Labute approximate surface area is 289 Å². The molecule has 0 bridgehead atoms. The molecular formula is C34H32FN7O8S. The zero-order chi connectivity index (χ0) is 36.0. The summed E-state index contributed by atoms with van der Waals surface area (Å²) < 4.78 is 51.6. The maximum Gasteiger partial charge on any atom is 0.329 e. The molecule has 5 aromatic rings. The van der Waals surface area contributed by atoms with Gasteiger partial charge in [0.15, 0.2) is 5.82 Å². The van der Waals surface area contributed by atoms with E-state index >= 15 is 4.39 Å². The first-order valence-electron chi connectivity index (χ1n) is 15.9. The molecule has 4 aromatic carbocycles. The maximum atomic E-state index is 15.6. The first-order chi connectivity index (χ1) is 24.4. The molecule has 2 aliphatic heterocycles. The van der Waals surface area contributed by atoms with Gasteiger partial charge in [0.2, 0.25) is 17.7 Å². The number of imidazole rings is 1. The summed E-state index contributed by atoms with van der Waals surface area (Å²) >= 11 is 0. The van der Waals surface area contributed by atoms with Crippen molar-refractivity contribution in [2.45, 2.75) is 25.3 Å². The largest absolute Gasteiger partial charge is 0.506 e. The average Bonchev–Trinajstić information content (AvgIpc) is 3.19. The Morgan fingerprint density at radius 3 is 2.51 bits per heavy atom. The molecule has 2 aliphatic rings. The lowest BCUT2D eigenvalue weighted by molar-refractivity contribution is -0.135. The third-order valence-electron chi connectivity index (χ3n) is 8.85. The van der Waals surface area contributed by atoms with Crippen molar-refractivity contribution in [1.29, 1.82) is 0 Å². The number of nitrogens with zero attached hydrogens (tertiary/aromatic N) is 3. The Kier molecular flexibility index (Phi) is 8.70. The van der Waals surface area contributed by atoms with E-state index in [0.717, 1.165) is 9.99 Å². The minimum atomic E-state index is -4.15. The number of anilines is 4. The molecule has 7 rings (SSSR count).